The lowest BCUT2D eigenvalue weighted by atomic mass is 9.95. The molecule has 0 aliphatic carbocycles. The Kier molecular flexibility index (Phi) is 4.42. The highest BCUT2D eigenvalue weighted by molar-refractivity contribution is 5.80. The summed E-state index contributed by atoms with van der Waals surface area (Å²) in [6, 6.07) is 5.49. The molecule has 0 unspecified atom stereocenters. The van der Waals surface area contributed by atoms with Crippen LogP contribution in [0, 0.1) is 11.7 Å². The maximum absolute atomic E-state index is 13.5. The molecule has 0 spiro atoms. The molecule has 4 fully saturated rings. The number of hydrogen-bond acceptors (Lipinski definition) is 5. The van der Waals surface area contributed by atoms with Gasteiger partial charge in [-0.25, -0.2) is 14.4 Å². The summed E-state index contributed by atoms with van der Waals surface area (Å²) < 4.78 is 13.5. The third-order valence-electron chi connectivity index (χ3n) is 6.79. The number of halogens is 1. The van der Waals surface area contributed by atoms with Crippen molar-refractivity contribution in [2.24, 2.45) is 5.92 Å². The average Bonchev–Trinajstić information content (AvgIpc) is 3.00. The summed E-state index contributed by atoms with van der Waals surface area (Å²) in [6.07, 6.45) is 6.02. The minimum atomic E-state index is -0.272. The van der Waals surface area contributed by atoms with Crippen molar-refractivity contribution in [3.63, 3.8) is 0 Å². The second-order valence-corrected chi connectivity index (χ2v) is 8.42. The molecule has 1 amide bonds. The predicted octanol–water partition coefficient (Wildman–Crippen LogP) is 2.29. The number of fused-ring (bicyclic) bond motifs is 5. The van der Waals surface area contributed by atoms with Crippen molar-refractivity contribution in [2.75, 3.05) is 38.1 Å². The number of anilines is 1. The molecule has 6 rings (SSSR count). The molecule has 6 nitrogen and oxygen atoms in total. The fourth-order valence-electron chi connectivity index (χ4n) is 5.06. The zero-order valence-electron chi connectivity index (χ0n) is 16.2. The second-order valence-electron chi connectivity index (χ2n) is 8.42. The summed E-state index contributed by atoms with van der Waals surface area (Å²) in [5.41, 5.74) is 0.651. The first-order chi connectivity index (χ1) is 13.6. The van der Waals surface area contributed by atoms with Crippen LogP contribution in [-0.2, 0) is 4.79 Å². The first kappa shape index (κ1) is 17.8. The van der Waals surface area contributed by atoms with Crippen LogP contribution < -0.4 is 4.90 Å². The number of amides is 1. The number of carbonyl (C=O) groups is 1. The van der Waals surface area contributed by atoms with Crippen molar-refractivity contribution in [3.05, 3.63) is 30.2 Å². The van der Waals surface area contributed by atoms with E-state index in [4.69, 9.17) is 0 Å². The van der Waals surface area contributed by atoms with E-state index in [2.05, 4.69) is 19.8 Å². The van der Waals surface area contributed by atoms with E-state index in [0.717, 1.165) is 57.2 Å². The van der Waals surface area contributed by atoms with Gasteiger partial charge in [-0.3, -0.25) is 9.69 Å². The van der Waals surface area contributed by atoms with Crippen LogP contribution in [0.15, 0.2) is 24.4 Å². The van der Waals surface area contributed by atoms with E-state index in [9.17, 15) is 9.18 Å². The first-order valence-corrected chi connectivity index (χ1v) is 10.3. The van der Waals surface area contributed by atoms with Crippen molar-refractivity contribution in [3.8, 4) is 0 Å². The number of hydrogen-bond donors (Lipinski definition) is 0. The van der Waals surface area contributed by atoms with Gasteiger partial charge >= 0.3 is 0 Å². The molecule has 4 saturated heterocycles. The smallest absolute Gasteiger partial charge is 0.227 e. The average molecular weight is 383 g/mol. The number of carbonyl (C=O) groups excluding carboxylic acids is 1. The topological polar surface area (TPSA) is 52.6 Å². The van der Waals surface area contributed by atoms with Gasteiger partial charge in [0.05, 0.1) is 11.4 Å². The highest BCUT2D eigenvalue weighted by Crippen LogP contribution is 2.31. The van der Waals surface area contributed by atoms with E-state index in [1.54, 1.807) is 12.3 Å². The molecule has 5 heterocycles. The highest BCUT2D eigenvalue weighted by Gasteiger charge is 2.41. The minimum absolute atomic E-state index is 0.167. The van der Waals surface area contributed by atoms with E-state index in [0.29, 0.717) is 29.5 Å². The van der Waals surface area contributed by atoms with Gasteiger partial charge in [-0.1, -0.05) is 0 Å². The first-order valence-electron chi connectivity index (χ1n) is 10.3. The van der Waals surface area contributed by atoms with E-state index in [-0.39, 0.29) is 11.7 Å². The Morgan fingerprint density at radius 2 is 1.89 bits per heavy atom. The summed E-state index contributed by atoms with van der Waals surface area (Å²) in [7, 11) is 1.96. The largest absolute Gasteiger partial charge is 0.341 e. The Labute approximate surface area is 164 Å². The third-order valence-corrected chi connectivity index (χ3v) is 6.79. The highest BCUT2D eigenvalue weighted by atomic mass is 19.1. The monoisotopic (exact) mass is 383 g/mol. The third kappa shape index (κ3) is 3.11. The van der Waals surface area contributed by atoms with Gasteiger partial charge in [-0.2, -0.15) is 0 Å². The Morgan fingerprint density at radius 1 is 1.07 bits per heavy atom. The van der Waals surface area contributed by atoms with Crippen LogP contribution in [0.4, 0.5) is 10.3 Å². The predicted molar refractivity (Wildman–Crippen MR) is 106 cm³/mol. The van der Waals surface area contributed by atoms with Gasteiger partial charge in [0.2, 0.25) is 11.9 Å². The molecule has 4 aliphatic rings. The van der Waals surface area contributed by atoms with Crippen molar-refractivity contribution < 1.29 is 9.18 Å². The van der Waals surface area contributed by atoms with Gasteiger partial charge in [0.25, 0.3) is 0 Å². The maximum atomic E-state index is 13.5. The molecule has 2 atom stereocenters. The number of rotatable bonds is 2. The maximum Gasteiger partial charge on any atom is 0.227 e. The molecule has 148 valence electrons. The summed E-state index contributed by atoms with van der Waals surface area (Å²) in [5, 5.41) is 0.855. The molecule has 1 aromatic carbocycles. The molecular weight excluding hydrogens is 357 g/mol. The summed E-state index contributed by atoms with van der Waals surface area (Å²) in [5.74, 6) is 0.905. The molecule has 2 bridgehead atoms. The molecule has 0 N–H and O–H groups in total. The van der Waals surface area contributed by atoms with Crippen molar-refractivity contribution in [1.82, 2.24) is 19.8 Å². The number of piperidine rings is 2. The van der Waals surface area contributed by atoms with Crippen molar-refractivity contribution in [1.29, 1.82) is 0 Å². The number of benzene rings is 1. The lowest BCUT2D eigenvalue weighted by molar-refractivity contribution is -0.138. The van der Waals surface area contributed by atoms with E-state index < -0.39 is 0 Å². The fourth-order valence-corrected chi connectivity index (χ4v) is 5.06. The molecule has 28 heavy (non-hydrogen) atoms. The zero-order chi connectivity index (χ0) is 19.3. The summed E-state index contributed by atoms with van der Waals surface area (Å²) in [4.78, 5) is 28.3. The minimum Gasteiger partial charge on any atom is -0.341 e. The summed E-state index contributed by atoms with van der Waals surface area (Å²) >= 11 is 0. The fraction of sp³-hybridized carbons (Fsp3) is 0.571. The summed E-state index contributed by atoms with van der Waals surface area (Å²) in [6.45, 7) is 3.67. The standard InChI is InChI=1S/C21H26FN5O/c1-25-18-5-3-15(20(25)28)12-27(13-18)17-6-8-26(9-7-17)21-23-11-14-2-4-16(22)10-19(14)24-21/h2,4,10-11,15,17-18H,3,5-9,12-13H2,1H3/t15-,18+/m0/s1. The molecular formula is C21H26FN5O. The second kappa shape index (κ2) is 6.95. The van der Waals surface area contributed by atoms with Crippen LogP contribution in [0.2, 0.25) is 0 Å². The molecule has 0 radical (unpaired) electrons. The van der Waals surface area contributed by atoms with Crippen molar-refractivity contribution in [2.45, 2.75) is 37.8 Å². The van der Waals surface area contributed by atoms with Gasteiger partial charge in [0, 0.05) is 63.0 Å². The molecule has 4 aliphatic heterocycles. The van der Waals surface area contributed by atoms with Crippen LogP contribution in [0.25, 0.3) is 10.9 Å². The molecule has 2 aromatic rings. The zero-order valence-corrected chi connectivity index (χ0v) is 16.2. The molecule has 1 aromatic heterocycles. The van der Waals surface area contributed by atoms with Crippen LogP contribution >= 0.6 is 0 Å². The molecule has 7 heteroatoms. The Morgan fingerprint density at radius 3 is 2.71 bits per heavy atom. The Hall–Kier alpha value is -2.28. The molecule has 0 saturated carbocycles. The van der Waals surface area contributed by atoms with Gasteiger partial charge in [0.15, 0.2) is 0 Å². The lowest BCUT2D eigenvalue weighted by Crippen LogP contribution is -2.48. The number of likely N-dealkylation sites (N-methyl/N-ethyl adjacent to an activating group) is 1. The normalized spacial score (nSPS) is 26.9. The van der Waals surface area contributed by atoms with Crippen LogP contribution in [-0.4, -0.2) is 71.0 Å². The number of nitrogens with zero attached hydrogens (tertiary/aromatic N) is 5. The van der Waals surface area contributed by atoms with E-state index in [1.165, 1.54) is 12.1 Å². The van der Waals surface area contributed by atoms with Crippen LogP contribution in [0.5, 0.6) is 0 Å². The van der Waals surface area contributed by atoms with Crippen LogP contribution in [0.3, 0.4) is 0 Å². The lowest BCUT2D eigenvalue weighted by Gasteiger charge is -2.39. The van der Waals surface area contributed by atoms with Gasteiger partial charge in [-0.15, -0.1) is 0 Å². The van der Waals surface area contributed by atoms with E-state index in [1.807, 2.05) is 11.9 Å². The van der Waals surface area contributed by atoms with Gasteiger partial charge in [-0.05, 0) is 37.8 Å². The quantitative estimate of drug-likeness (QED) is 0.797. The SMILES string of the molecule is CN1C(=O)[C@H]2CC[C@@H]1CN(C1CCN(c3ncc4ccc(F)cc4n3)CC1)C2. The Bertz CT molecular complexity index is 897. The van der Waals surface area contributed by atoms with E-state index >= 15 is 0 Å². The van der Waals surface area contributed by atoms with Crippen molar-refractivity contribution >= 4 is 22.8 Å². The van der Waals surface area contributed by atoms with Crippen LogP contribution in [0.1, 0.15) is 25.7 Å². The van der Waals surface area contributed by atoms with Gasteiger partial charge < -0.3 is 9.80 Å². The Balaban J connectivity index is 1.27. The number of aromatic nitrogens is 2. The van der Waals surface area contributed by atoms with Gasteiger partial charge in [0.1, 0.15) is 5.82 Å².